The number of hydrogen-bond donors (Lipinski definition) is 4. The number of carbonyl (C=O) groups excluding carboxylic acids is 1. The fourth-order valence-electron chi connectivity index (χ4n) is 1.75. The van der Waals surface area contributed by atoms with Crippen LogP contribution in [0.5, 0.6) is 0 Å². The van der Waals surface area contributed by atoms with E-state index in [2.05, 4.69) is 4.98 Å². The molecule has 6 N–H and O–H groups in total. The van der Waals surface area contributed by atoms with Gasteiger partial charge in [-0.15, -0.1) is 0 Å². The summed E-state index contributed by atoms with van der Waals surface area (Å²) in [4.78, 5) is 26.1. The van der Waals surface area contributed by atoms with Crippen molar-refractivity contribution in [1.29, 1.82) is 0 Å². The molecule has 9 heteroatoms. The van der Waals surface area contributed by atoms with E-state index in [9.17, 15) is 19.1 Å². The molecule has 0 unspecified atom stereocenters. The van der Waals surface area contributed by atoms with E-state index in [0.29, 0.717) is 10.8 Å². The smallest absolute Gasteiger partial charge is 0.351 e. The zero-order valence-electron chi connectivity index (χ0n) is 10.9. The third kappa shape index (κ3) is 3.31. The van der Waals surface area contributed by atoms with Crippen molar-refractivity contribution >= 4 is 11.7 Å². The summed E-state index contributed by atoms with van der Waals surface area (Å²) in [7, 11) is 0. The Morgan fingerprint density at radius 2 is 2.25 bits per heavy atom. The number of amides is 1. The van der Waals surface area contributed by atoms with E-state index in [1.54, 1.807) is 0 Å². The van der Waals surface area contributed by atoms with Crippen molar-refractivity contribution in [1.82, 2.24) is 9.55 Å². The summed E-state index contributed by atoms with van der Waals surface area (Å²) in [5.74, 6) is -2.29. The van der Waals surface area contributed by atoms with Gasteiger partial charge < -0.3 is 21.7 Å². The fraction of sp³-hybridized carbons (Fsp3) is 0.545. The monoisotopic (exact) mass is 288 g/mol. The van der Waals surface area contributed by atoms with Crippen LogP contribution in [0.3, 0.4) is 0 Å². The second-order valence-electron chi connectivity index (χ2n) is 4.75. The molecule has 8 nitrogen and oxygen atoms in total. The lowest BCUT2D eigenvalue weighted by Crippen LogP contribution is -2.39. The maximum absolute atomic E-state index is 13.3. The second-order valence-corrected chi connectivity index (χ2v) is 4.75. The minimum atomic E-state index is -1.52. The summed E-state index contributed by atoms with van der Waals surface area (Å²) in [5.41, 5.74) is 8.15. The molecule has 0 saturated carbocycles. The van der Waals surface area contributed by atoms with Gasteiger partial charge in [0.15, 0.2) is 11.6 Å². The largest absolute Gasteiger partial charge is 0.396 e. The first-order chi connectivity index (χ1) is 9.21. The van der Waals surface area contributed by atoms with E-state index < -0.39 is 34.9 Å². The van der Waals surface area contributed by atoms with Gasteiger partial charge in [0.2, 0.25) is 5.91 Å². The zero-order chi connectivity index (χ0) is 15.5. The minimum absolute atomic E-state index is 0.000965. The number of halogens is 1. The summed E-state index contributed by atoms with van der Waals surface area (Å²) < 4.78 is 13.9. The van der Waals surface area contributed by atoms with Crippen molar-refractivity contribution in [3.8, 4) is 0 Å². The van der Waals surface area contributed by atoms with Crippen LogP contribution in [-0.4, -0.2) is 32.3 Å². The van der Waals surface area contributed by atoms with Gasteiger partial charge in [0.05, 0.1) is 11.6 Å². The number of aliphatic hydroxyl groups excluding tert-OH is 2. The van der Waals surface area contributed by atoms with E-state index in [0.717, 1.165) is 0 Å². The van der Waals surface area contributed by atoms with Crippen molar-refractivity contribution in [2.24, 2.45) is 11.1 Å². The van der Waals surface area contributed by atoms with Crippen molar-refractivity contribution in [2.45, 2.75) is 26.0 Å². The number of nitrogens with zero attached hydrogens (tertiary/aromatic N) is 2. The molecule has 1 rings (SSSR count). The Morgan fingerprint density at radius 3 is 2.75 bits per heavy atom. The SMILES string of the molecule is C[C@@](CCO)(C[C@@H](O)n1cc(F)c(N)nc1=O)C(N)=O. The van der Waals surface area contributed by atoms with Crippen LogP contribution in [0, 0.1) is 11.2 Å². The number of aromatic nitrogens is 2. The highest BCUT2D eigenvalue weighted by molar-refractivity contribution is 5.80. The number of aliphatic hydroxyl groups is 2. The summed E-state index contributed by atoms with van der Waals surface area (Å²) in [6, 6.07) is 0. The number of carbonyl (C=O) groups is 1. The van der Waals surface area contributed by atoms with Gasteiger partial charge in [-0.3, -0.25) is 9.36 Å². The lowest BCUT2D eigenvalue weighted by molar-refractivity contribution is -0.130. The first-order valence-corrected chi connectivity index (χ1v) is 5.84. The highest BCUT2D eigenvalue weighted by Crippen LogP contribution is 2.30. The Bertz CT molecular complexity index is 562. The highest BCUT2D eigenvalue weighted by atomic mass is 19.1. The van der Waals surface area contributed by atoms with E-state index in [4.69, 9.17) is 16.6 Å². The summed E-state index contributed by atoms with van der Waals surface area (Å²) in [6.07, 6.45) is -1.09. The molecule has 0 fully saturated rings. The Labute approximate surface area is 113 Å². The topological polar surface area (TPSA) is 144 Å². The van der Waals surface area contributed by atoms with Gasteiger partial charge in [-0.2, -0.15) is 4.98 Å². The van der Waals surface area contributed by atoms with E-state index >= 15 is 0 Å². The molecule has 0 aliphatic rings. The third-order valence-electron chi connectivity index (χ3n) is 3.15. The van der Waals surface area contributed by atoms with E-state index in [1.807, 2.05) is 0 Å². The van der Waals surface area contributed by atoms with Crippen LogP contribution < -0.4 is 17.2 Å². The predicted octanol–water partition coefficient (Wildman–Crippen LogP) is -1.28. The number of rotatable bonds is 6. The molecule has 0 saturated heterocycles. The summed E-state index contributed by atoms with van der Waals surface area (Å²) >= 11 is 0. The molecular weight excluding hydrogens is 271 g/mol. The standard InChI is InChI=1S/C11H17FN4O4/c1-11(2-3-17,9(14)19)4-7(18)16-5-6(12)8(13)15-10(16)20/h5,7,17-18H,2-4H2,1H3,(H2,14,19)(H2,13,15,20)/t7-,11-/m1/s1. The highest BCUT2D eigenvalue weighted by Gasteiger charge is 2.34. The predicted molar refractivity (Wildman–Crippen MR) is 67.7 cm³/mol. The van der Waals surface area contributed by atoms with Crippen LogP contribution in [0.25, 0.3) is 0 Å². The Morgan fingerprint density at radius 1 is 1.65 bits per heavy atom. The molecule has 2 atom stereocenters. The molecule has 20 heavy (non-hydrogen) atoms. The van der Waals surface area contributed by atoms with Gasteiger partial charge in [0.25, 0.3) is 0 Å². The molecule has 0 radical (unpaired) electrons. The molecular formula is C11H17FN4O4. The maximum atomic E-state index is 13.3. The molecule has 0 aliphatic heterocycles. The fourth-order valence-corrected chi connectivity index (χ4v) is 1.75. The molecule has 1 heterocycles. The van der Waals surface area contributed by atoms with E-state index in [1.165, 1.54) is 6.92 Å². The quantitative estimate of drug-likeness (QED) is 0.513. The van der Waals surface area contributed by atoms with Crippen LogP contribution >= 0.6 is 0 Å². The van der Waals surface area contributed by atoms with Crippen LogP contribution in [0.1, 0.15) is 26.0 Å². The lowest BCUT2D eigenvalue weighted by Gasteiger charge is -2.28. The number of nitrogen functional groups attached to an aromatic ring is 1. The number of nitrogens with two attached hydrogens (primary N) is 2. The molecule has 1 amide bonds. The molecule has 112 valence electrons. The van der Waals surface area contributed by atoms with Crippen molar-refractivity contribution in [3.05, 3.63) is 22.5 Å². The second kappa shape index (κ2) is 5.97. The minimum Gasteiger partial charge on any atom is -0.396 e. The molecule has 1 aromatic heterocycles. The van der Waals surface area contributed by atoms with Crippen LogP contribution in [0.4, 0.5) is 10.2 Å². The summed E-state index contributed by atoms with van der Waals surface area (Å²) in [5, 5.41) is 18.9. The number of anilines is 1. The molecule has 0 bridgehead atoms. The Hall–Kier alpha value is -2.00. The average molecular weight is 288 g/mol. The van der Waals surface area contributed by atoms with Gasteiger partial charge in [0, 0.05) is 13.0 Å². The Balaban J connectivity index is 3.07. The Kier molecular flexibility index (Phi) is 4.79. The van der Waals surface area contributed by atoms with Crippen molar-refractivity contribution < 1.29 is 19.4 Å². The first kappa shape index (κ1) is 16.1. The van der Waals surface area contributed by atoms with E-state index in [-0.39, 0.29) is 19.4 Å². The van der Waals surface area contributed by atoms with Gasteiger partial charge in [-0.1, -0.05) is 6.92 Å². The van der Waals surface area contributed by atoms with Crippen LogP contribution in [0.15, 0.2) is 11.0 Å². The molecule has 0 aliphatic carbocycles. The number of primary amides is 1. The summed E-state index contributed by atoms with van der Waals surface area (Å²) in [6.45, 7) is 1.11. The normalized spacial score (nSPS) is 15.6. The van der Waals surface area contributed by atoms with Crippen LogP contribution in [-0.2, 0) is 4.79 Å². The van der Waals surface area contributed by atoms with Gasteiger partial charge >= 0.3 is 5.69 Å². The molecule has 0 spiro atoms. The van der Waals surface area contributed by atoms with Crippen molar-refractivity contribution in [3.63, 3.8) is 0 Å². The van der Waals surface area contributed by atoms with Gasteiger partial charge in [-0.25, -0.2) is 9.18 Å². The van der Waals surface area contributed by atoms with Crippen molar-refractivity contribution in [2.75, 3.05) is 12.3 Å². The molecule has 1 aromatic rings. The lowest BCUT2D eigenvalue weighted by atomic mass is 9.82. The van der Waals surface area contributed by atoms with Crippen LogP contribution in [0.2, 0.25) is 0 Å². The van der Waals surface area contributed by atoms with Gasteiger partial charge in [0.1, 0.15) is 6.23 Å². The zero-order valence-corrected chi connectivity index (χ0v) is 10.9. The third-order valence-corrected chi connectivity index (χ3v) is 3.15. The van der Waals surface area contributed by atoms with Gasteiger partial charge in [-0.05, 0) is 6.42 Å². The number of hydrogen-bond acceptors (Lipinski definition) is 6. The average Bonchev–Trinajstić information content (AvgIpc) is 2.33. The first-order valence-electron chi connectivity index (χ1n) is 5.84. The molecule has 0 aromatic carbocycles. The maximum Gasteiger partial charge on any atom is 0.351 e.